The summed E-state index contributed by atoms with van der Waals surface area (Å²) in [4.78, 5) is 1.90. The second-order valence-corrected chi connectivity index (χ2v) is 13.8. The third-order valence-electron chi connectivity index (χ3n) is 6.94. The summed E-state index contributed by atoms with van der Waals surface area (Å²) < 4.78 is 22.5. The van der Waals surface area contributed by atoms with Crippen LogP contribution in [0.2, 0.25) is 4.34 Å². The minimum atomic E-state index is -1.34. The molecule has 0 fully saturated rings. The minimum Gasteiger partial charge on any atom is -0.488 e. The van der Waals surface area contributed by atoms with E-state index < -0.39 is 11.0 Å². The molecule has 2 unspecified atom stereocenters. The first-order chi connectivity index (χ1) is 17.5. The summed E-state index contributed by atoms with van der Waals surface area (Å²) in [6, 6.07) is 14.1. The zero-order valence-corrected chi connectivity index (χ0v) is 24.9. The van der Waals surface area contributed by atoms with Gasteiger partial charge in [-0.3, -0.25) is 0 Å². The van der Waals surface area contributed by atoms with Gasteiger partial charge in [0.1, 0.15) is 22.8 Å². The molecular formula is C29H38ClN3O2S2. The zero-order valence-electron chi connectivity index (χ0n) is 22.6. The molecule has 0 aliphatic carbocycles. The highest BCUT2D eigenvalue weighted by molar-refractivity contribution is 7.82. The number of benzene rings is 2. The second kappa shape index (κ2) is 11.4. The van der Waals surface area contributed by atoms with Gasteiger partial charge in [-0.1, -0.05) is 57.5 Å². The first-order valence-electron chi connectivity index (χ1n) is 12.9. The van der Waals surface area contributed by atoms with Crippen LogP contribution in [0.4, 0.5) is 11.4 Å². The number of nitrogen functional groups attached to an aromatic ring is 1. The van der Waals surface area contributed by atoms with Gasteiger partial charge in [0.2, 0.25) is 0 Å². The molecule has 1 aromatic heterocycles. The summed E-state index contributed by atoms with van der Waals surface area (Å²) in [5.74, 6) is 0.818. The van der Waals surface area contributed by atoms with Crippen LogP contribution in [0, 0.1) is 12.3 Å². The van der Waals surface area contributed by atoms with E-state index in [0.29, 0.717) is 23.7 Å². The lowest BCUT2D eigenvalue weighted by molar-refractivity contribution is 0.169. The Morgan fingerprint density at radius 3 is 2.65 bits per heavy atom. The molecule has 8 heteroatoms. The van der Waals surface area contributed by atoms with E-state index in [4.69, 9.17) is 22.1 Å². The Morgan fingerprint density at radius 1 is 1.24 bits per heavy atom. The summed E-state index contributed by atoms with van der Waals surface area (Å²) >= 11 is 8.48. The lowest BCUT2D eigenvalue weighted by Crippen LogP contribution is -2.33. The molecule has 3 aromatic rings. The molecule has 0 radical (unpaired) electrons. The third kappa shape index (κ3) is 5.85. The third-order valence-corrected chi connectivity index (χ3v) is 9.90. The highest BCUT2D eigenvalue weighted by Crippen LogP contribution is 2.48. The quantitative estimate of drug-likeness (QED) is 0.292. The van der Waals surface area contributed by atoms with Crippen LogP contribution in [0.1, 0.15) is 68.5 Å². The Labute approximate surface area is 233 Å². The smallest absolute Gasteiger partial charge is 0.137 e. The Balaban J connectivity index is 1.70. The van der Waals surface area contributed by atoms with Crippen LogP contribution in [0.3, 0.4) is 0 Å². The van der Waals surface area contributed by atoms with Crippen molar-refractivity contribution in [3.63, 3.8) is 0 Å². The molecule has 200 valence electrons. The van der Waals surface area contributed by atoms with Gasteiger partial charge in [0.25, 0.3) is 0 Å². The number of nitrogens with two attached hydrogens (primary N) is 1. The molecule has 2 heterocycles. The maximum atomic E-state index is 13.6. The van der Waals surface area contributed by atoms with Crippen LogP contribution in [-0.2, 0) is 17.5 Å². The van der Waals surface area contributed by atoms with Gasteiger partial charge in [-0.2, -0.15) is 0 Å². The summed E-state index contributed by atoms with van der Waals surface area (Å²) in [6.45, 7) is 14.9. The van der Waals surface area contributed by atoms with Gasteiger partial charge in [0.05, 0.1) is 20.6 Å². The molecule has 1 aliphatic rings. The summed E-state index contributed by atoms with van der Waals surface area (Å²) in [6.07, 6.45) is 0.799. The molecule has 0 bridgehead atoms. The van der Waals surface area contributed by atoms with E-state index in [0.717, 1.165) is 39.8 Å². The van der Waals surface area contributed by atoms with E-state index in [2.05, 4.69) is 65.1 Å². The van der Waals surface area contributed by atoms with Crippen molar-refractivity contribution in [3.05, 3.63) is 68.4 Å². The van der Waals surface area contributed by atoms with Gasteiger partial charge in [0, 0.05) is 30.4 Å². The first kappa shape index (κ1) is 28.0. The van der Waals surface area contributed by atoms with Gasteiger partial charge in [-0.25, -0.2) is 8.51 Å². The molecule has 0 spiro atoms. The summed E-state index contributed by atoms with van der Waals surface area (Å²) in [5.41, 5.74) is 11.5. The van der Waals surface area contributed by atoms with E-state index in [9.17, 15) is 4.21 Å². The fourth-order valence-electron chi connectivity index (χ4n) is 4.99. The Hall–Kier alpha value is -2.06. The van der Waals surface area contributed by atoms with Crippen molar-refractivity contribution in [2.24, 2.45) is 5.41 Å². The summed E-state index contributed by atoms with van der Waals surface area (Å²) in [7, 11) is -1.34. The van der Waals surface area contributed by atoms with Gasteiger partial charge >= 0.3 is 0 Å². The highest BCUT2D eigenvalue weighted by atomic mass is 35.5. The first-order valence-corrected chi connectivity index (χ1v) is 15.2. The minimum absolute atomic E-state index is 0.0346. The lowest BCUT2D eigenvalue weighted by atomic mass is 9.74. The van der Waals surface area contributed by atoms with Gasteiger partial charge in [0.15, 0.2) is 0 Å². The monoisotopic (exact) mass is 559 g/mol. The largest absolute Gasteiger partial charge is 0.488 e. The van der Waals surface area contributed by atoms with Crippen molar-refractivity contribution in [2.45, 2.75) is 71.4 Å². The Morgan fingerprint density at radius 2 is 1.97 bits per heavy atom. The van der Waals surface area contributed by atoms with Crippen molar-refractivity contribution in [3.8, 4) is 5.75 Å². The normalized spacial score (nSPS) is 19.1. The van der Waals surface area contributed by atoms with E-state index >= 15 is 0 Å². The highest BCUT2D eigenvalue weighted by Gasteiger charge is 2.33. The maximum Gasteiger partial charge on any atom is 0.137 e. The van der Waals surface area contributed by atoms with Crippen molar-refractivity contribution in [2.75, 3.05) is 24.1 Å². The van der Waals surface area contributed by atoms with Gasteiger partial charge in [-0.15, -0.1) is 11.3 Å². The number of fused-ring (bicyclic) bond motifs is 1. The number of para-hydroxylation sites is 1. The fourth-order valence-corrected chi connectivity index (χ4v) is 7.96. The molecular weight excluding hydrogens is 522 g/mol. The van der Waals surface area contributed by atoms with E-state index in [1.54, 1.807) is 11.3 Å². The average molecular weight is 560 g/mol. The Kier molecular flexibility index (Phi) is 8.58. The number of hydrogen-bond donors (Lipinski definition) is 2. The van der Waals surface area contributed by atoms with E-state index in [1.165, 1.54) is 10.4 Å². The number of rotatable bonds is 7. The van der Waals surface area contributed by atoms with Crippen molar-refractivity contribution >= 4 is 45.3 Å². The maximum absolute atomic E-state index is 13.6. The van der Waals surface area contributed by atoms with Crippen molar-refractivity contribution < 1.29 is 8.95 Å². The molecule has 3 N–H and O–H groups in total. The molecule has 37 heavy (non-hydrogen) atoms. The number of ether oxygens (including phenoxy) is 1. The molecule has 3 atom stereocenters. The number of nitrogens with zero attached hydrogens (tertiary/aromatic N) is 1. The number of nitrogens with one attached hydrogen (secondary N) is 1. The molecule has 2 aromatic carbocycles. The fraction of sp³-hybridized carbons (Fsp3) is 0.448. The van der Waals surface area contributed by atoms with Crippen molar-refractivity contribution in [1.29, 1.82) is 0 Å². The second-order valence-electron chi connectivity index (χ2n) is 10.7. The number of anilines is 2. The van der Waals surface area contributed by atoms with Gasteiger partial charge in [-0.05, 0) is 66.6 Å². The predicted molar refractivity (Wildman–Crippen MR) is 158 cm³/mol. The molecule has 1 aliphatic heterocycles. The number of thiophene rings is 1. The molecule has 5 nitrogen and oxygen atoms in total. The van der Waals surface area contributed by atoms with Crippen LogP contribution in [0.25, 0.3) is 0 Å². The topological polar surface area (TPSA) is 67.6 Å². The molecule has 4 rings (SSSR count). The Bertz CT molecular complexity index is 1280. The number of halogens is 1. The van der Waals surface area contributed by atoms with Crippen LogP contribution < -0.4 is 15.8 Å². The van der Waals surface area contributed by atoms with Crippen LogP contribution in [0.5, 0.6) is 5.75 Å². The molecule has 0 saturated carbocycles. The predicted octanol–water partition coefficient (Wildman–Crippen LogP) is 7.60. The van der Waals surface area contributed by atoms with Crippen LogP contribution in [0.15, 0.2) is 47.4 Å². The van der Waals surface area contributed by atoms with Crippen LogP contribution >= 0.6 is 22.9 Å². The average Bonchev–Trinajstić information content (AvgIpc) is 3.13. The molecule has 0 saturated heterocycles. The molecule has 0 amide bonds. The lowest BCUT2D eigenvalue weighted by Gasteiger charge is -2.32. The number of hydrogen-bond acceptors (Lipinski definition) is 5. The van der Waals surface area contributed by atoms with Gasteiger partial charge < -0.3 is 15.8 Å². The SMILES string of the molecule is CCNc1ccc(C(c2cc(CN3C[C@@H](CC)Oc4ccccc4S3=O)c(Cl)s2)C(C)(C)C)c(C)c1N. The zero-order chi connectivity index (χ0) is 26.9. The standard InChI is InChI=1S/C29H38ClN3O2S2/c1-7-20-17-33(37(34)25-12-10-9-11-23(25)35-20)16-19-15-24(36-28(19)30)26(29(4,5)6)21-13-14-22(32-8-2)27(31)18(21)3/h9-15,20,26,32H,7-8,16-17,31H2,1-6H3/t20-,26?,37?/m1/s1. The van der Waals surface area contributed by atoms with E-state index in [-0.39, 0.29) is 17.4 Å². The van der Waals surface area contributed by atoms with E-state index in [1.807, 2.05) is 28.6 Å². The van der Waals surface area contributed by atoms with Crippen molar-refractivity contribution in [1.82, 2.24) is 4.31 Å². The van der Waals surface area contributed by atoms with Crippen LogP contribution in [-0.4, -0.2) is 27.7 Å². The summed E-state index contributed by atoms with van der Waals surface area (Å²) in [5, 5.41) is 3.36.